The van der Waals surface area contributed by atoms with Crippen LogP contribution in [-0.4, -0.2) is 11.7 Å². The monoisotopic (exact) mass is 224 g/mol. The van der Waals surface area contributed by atoms with E-state index in [4.69, 9.17) is 16.7 Å². The number of aliphatic hydroxyl groups is 1. The quantitative estimate of drug-likeness (QED) is 0.814. The van der Waals surface area contributed by atoms with Crippen molar-refractivity contribution in [1.29, 1.82) is 0 Å². The smallest absolute Gasteiger partial charge is 0.0459 e. The van der Waals surface area contributed by atoms with E-state index in [1.165, 1.54) is 5.56 Å². The maximum atomic E-state index is 9.08. The van der Waals surface area contributed by atoms with Gasteiger partial charge in [0.15, 0.2) is 0 Å². The first-order chi connectivity index (χ1) is 7.31. The summed E-state index contributed by atoms with van der Waals surface area (Å²) in [4.78, 5) is 0. The Balaban J connectivity index is 2.04. The molecule has 1 aromatic rings. The lowest BCUT2D eigenvalue weighted by molar-refractivity contribution is 0.182. The average molecular weight is 225 g/mol. The Morgan fingerprint density at radius 2 is 1.80 bits per heavy atom. The molecule has 0 amide bonds. The molecule has 1 nitrogen and oxygen atoms in total. The summed E-state index contributed by atoms with van der Waals surface area (Å²) in [6, 6.07) is 8.13. The van der Waals surface area contributed by atoms with Gasteiger partial charge in [-0.2, -0.15) is 0 Å². The summed E-state index contributed by atoms with van der Waals surface area (Å²) in [6.07, 6.45) is 4.59. The molecule has 0 spiro atoms. The number of benzene rings is 1. The minimum atomic E-state index is 0.343. The predicted octanol–water partition coefficient (Wildman–Crippen LogP) is 3.61. The Morgan fingerprint density at radius 1 is 1.13 bits per heavy atom. The lowest BCUT2D eigenvalue weighted by Crippen LogP contribution is -2.16. The summed E-state index contributed by atoms with van der Waals surface area (Å²) in [7, 11) is 0. The molecule has 0 atom stereocenters. The van der Waals surface area contributed by atoms with Crippen LogP contribution in [-0.2, 0) is 0 Å². The molecule has 82 valence electrons. The summed E-state index contributed by atoms with van der Waals surface area (Å²) >= 11 is 6.18. The maximum Gasteiger partial charge on any atom is 0.0459 e. The zero-order chi connectivity index (χ0) is 10.7. The minimum Gasteiger partial charge on any atom is -0.396 e. The van der Waals surface area contributed by atoms with Crippen LogP contribution in [0.5, 0.6) is 0 Å². The van der Waals surface area contributed by atoms with Gasteiger partial charge in [-0.15, -0.1) is 0 Å². The van der Waals surface area contributed by atoms with E-state index in [0.717, 1.165) is 30.7 Å². The fraction of sp³-hybridized carbons (Fsp3) is 0.538. The molecule has 0 aliphatic heterocycles. The summed E-state index contributed by atoms with van der Waals surface area (Å²) in [6.45, 7) is 0.343. The highest BCUT2D eigenvalue weighted by Crippen LogP contribution is 2.38. The van der Waals surface area contributed by atoms with Crippen LogP contribution in [0.25, 0.3) is 0 Å². The summed E-state index contributed by atoms with van der Waals surface area (Å²) in [5.41, 5.74) is 1.29. The average Bonchev–Trinajstić information content (AvgIpc) is 2.30. The van der Waals surface area contributed by atoms with Crippen molar-refractivity contribution in [2.75, 3.05) is 6.61 Å². The third-order valence-corrected chi connectivity index (χ3v) is 3.79. The van der Waals surface area contributed by atoms with E-state index in [1.54, 1.807) is 0 Å². The standard InChI is InChI=1S/C13H17ClO/c14-13-4-2-1-3-12(13)11-7-5-10(9-15)6-8-11/h1-4,10-11,15H,5-9H2. The summed E-state index contributed by atoms with van der Waals surface area (Å²) in [5.74, 6) is 1.12. The van der Waals surface area contributed by atoms with Gasteiger partial charge in [-0.05, 0) is 49.1 Å². The second-order valence-electron chi connectivity index (χ2n) is 4.42. The van der Waals surface area contributed by atoms with Crippen molar-refractivity contribution in [3.8, 4) is 0 Å². The van der Waals surface area contributed by atoms with Crippen molar-refractivity contribution in [2.24, 2.45) is 5.92 Å². The molecular weight excluding hydrogens is 208 g/mol. The van der Waals surface area contributed by atoms with Crippen molar-refractivity contribution in [2.45, 2.75) is 31.6 Å². The maximum absolute atomic E-state index is 9.08. The topological polar surface area (TPSA) is 20.2 Å². The van der Waals surface area contributed by atoms with Crippen molar-refractivity contribution in [1.82, 2.24) is 0 Å². The Kier molecular flexibility index (Phi) is 3.66. The Bertz CT molecular complexity index is 316. The van der Waals surface area contributed by atoms with Gasteiger partial charge < -0.3 is 5.11 Å². The second kappa shape index (κ2) is 5.00. The number of hydrogen-bond donors (Lipinski definition) is 1. The van der Waals surface area contributed by atoms with Crippen molar-refractivity contribution in [3.63, 3.8) is 0 Å². The summed E-state index contributed by atoms with van der Waals surface area (Å²) in [5, 5.41) is 9.97. The van der Waals surface area contributed by atoms with Gasteiger partial charge in [-0.3, -0.25) is 0 Å². The van der Waals surface area contributed by atoms with Crippen LogP contribution >= 0.6 is 11.6 Å². The molecule has 1 aliphatic rings. The molecule has 0 radical (unpaired) electrons. The summed E-state index contributed by atoms with van der Waals surface area (Å²) < 4.78 is 0. The first-order valence-corrected chi connectivity index (χ1v) is 6.04. The molecule has 0 heterocycles. The fourth-order valence-electron chi connectivity index (χ4n) is 2.46. The Labute approximate surface area is 96.1 Å². The first-order valence-electron chi connectivity index (χ1n) is 5.66. The van der Waals surface area contributed by atoms with Crippen molar-refractivity contribution >= 4 is 11.6 Å². The van der Waals surface area contributed by atoms with Crippen LogP contribution in [0, 0.1) is 5.92 Å². The number of aliphatic hydroxyl groups excluding tert-OH is 1. The van der Waals surface area contributed by atoms with Crippen LogP contribution in [0.1, 0.15) is 37.2 Å². The van der Waals surface area contributed by atoms with Crippen LogP contribution in [0.2, 0.25) is 5.02 Å². The van der Waals surface area contributed by atoms with E-state index >= 15 is 0 Å². The molecule has 0 saturated heterocycles. The number of hydrogen-bond acceptors (Lipinski definition) is 1. The fourth-order valence-corrected chi connectivity index (χ4v) is 2.75. The zero-order valence-corrected chi connectivity index (χ0v) is 9.58. The van der Waals surface area contributed by atoms with Crippen LogP contribution < -0.4 is 0 Å². The van der Waals surface area contributed by atoms with Gasteiger partial charge in [0.1, 0.15) is 0 Å². The van der Waals surface area contributed by atoms with Crippen LogP contribution in [0.3, 0.4) is 0 Å². The molecule has 1 fully saturated rings. The molecule has 0 unspecified atom stereocenters. The third kappa shape index (κ3) is 2.53. The predicted molar refractivity (Wildman–Crippen MR) is 63.2 cm³/mol. The highest BCUT2D eigenvalue weighted by molar-refractivity contribution is 6.31. The highest BCUT2D eigenvalue weighted by Gasteiger charge is 2.22. The highest BCUT2D eigenvalue weighted by atomic mass is 35.5. The Hall–Kier alpha value is -0.530. The van der Waals surface area contributed by atoms with Gasteiger partial charge >= 0.3 is 0 Å². The van der Waals surface area contributed by atoms with Gasteiger partial charge in [0.05, 0.1) is 0 Å². The molecule has 2 rings (SSSR count). The van der Waals surface area contributed by atoms with Crippen molar-refractivity contribution in [3.05, 3.63) is 34.9 Å². The molecule has 2 heteroatoms. The normalized spacial score (nSPS) is 26.5. The van der Waals surface area contributed by atoms with Gasteiger partial charge in [0.2, 0.25) is 0 Å². The first kappa shape index (κ1) is 11.0. The van der Waals surface area contributed by atoms with E-state index in [9.17, 15) is 0 Å². The van der Waals surface area contributed by atoms with E-state index in [0.29, 0.717) is 18.4 Å². The third-order valence-electron chi connectivity index (χ3n) is 3.45. The lowest BCUT2D eigenvalue weighted by Gasteiger charge is -2.28. The molecule has 0 bridgehead atoms. The molecular formula is C13H17ClO. The molecule has 0 aromatic heterocycles. The van der Waals surface area contributed by atoms with E-state index in [-0.39, 0.29) is 0 Å². The van der Waals surface area contributed by atoms with Gasteiger partial charge in [-0.1, -0.05) is 29.8 Å². The minimum absolute atomic E-state index is 0.343. The number of rotatable bonds is 2. The van der Waals surface area contributed by atoms with E-state index in [1.807, 2.05) is 12.1 Å². The Morgan fingerprint density at radius 3 is 2.40 bits per heavy atom. The molecule has 1 aliphatic carbocycles. The SMILES string of the molecule is OCC1CCC(c2ccccc2Cl)CC1. The molecule has 15 heavy (non-hydrogen) atoms. The zero-order valence-electron chi connectivity index (χ0n) is 8.82. The molecule has 1 aromatic carbocycles. The molecule has 1 N–H and O–H groups in total. The number of halogens is 1. The van der Waals surface area contributed by atoms with Crippen molar-refractivity contribution < 1.29 is 5.11 Å². The van der Waals surface area contributed by atoms with Crippen LogP contribution in [0.15, 0.2) is 24.3 Å². The lowest BCUT2D eigenvalue weighted by atomic mass is 9.79. The van der Waals surface area contributed by atoms with Gasteiger partial charge in [-0.25, -0.2) is 0 Å². The largest absolute Gasteiger partial charge is 0.396 e. The van der Waals surface area contributed by atoms with Crippen LogP contribution in [0.4, 0.5) is 0 Å². The van der Waals surface area contributed by atoms with E-state index in [2.05, 4.69) is 12.1 Å². The van der Waals surface area contributed by atoms with Gasteiger partial charge in [0, 0.05) is 11.6 Å². The second-order valence-corrected chi connectivity index (χ2v) is 4.83. The van der Waals surface area contributed by atoms with Gasteiger partial charge in [0.25, 0.3) is 0 Å². The van der Waals surface area contributed by atoms with E-state index < -0.39 is 0 Å². The molecule has 1 saturated carbocycles.